The zero-order chi connectivity index (χ0) is 28.8. The molecule has 1 heterocycles. The van der Waals surface area contributed by atoms with Gasteiger partial charge in [-0.2, -0.15) is 0 Å². The first-order chi connectivity index (χ1) is 21.3. The molecule has 0 saturated heterocycles. The Morgan fingerprint density at radius 1 is 0.465 bits per heavy atom. The summed E-state index contributed by atoms with van der Waals surface area (Å²) >= 11 is 4.88. The van der Waals surface area contributed by atoms with Gasteiger partial charge in [0.2, 0.25) is 0 Å². The Balaban J connectivity index is 1.40. The van der Waals surface area contributed by atoms with E-state index in [-0.39, 0.29) is 5.92 Å². The average Bonchev–Trinajstić information content (AvgIpc) is 3.40. The van der Waals surface area contributed by atoms with Gasteiger partial charge in [-0.1, -0.05) is 121 Å². The molecule has 2 heteroatoms. The van der Waals surface area contributed by atoms with Crippen molar-refractivity contribution >= 4 is 45.2 Å². The molecule has 0 fully saturated rings. The molecule has 1 aromatic heterocycles. The SMILES string of the molecule is Sc1ccc(C(c2ccc3c(c2)c2ccccc2n3-c2ccccc2)c2cccc3ccccc23)cc1-c1ccccc1. The summed E-state index contributed by atoms with van der Waals surface area (Å²) in [6.07, 6.45) is 0. The molecular weight excluding hydrogens is 539 g/mol. The highest BCUT2D eigenvalue weighted by molar-refractivity contribution is 7.80. The maximum atomic E-state index is 4.88. The van der Waals surface area contributed by atoms with Gasteiger partial charge in [-0.15, -0.1) is 12.6 Å². The van der Waals surface area contributed by atoms with E-state index in [2.05, 4.69) is 168 Å². The van der Waals surface area contributed by atoms with Crippen molar-refractivity contribution in [2.45, 2.75) is 10.8 Å². The zero-order valence-electron chi connectivity index (χ0n) is 23.6. The Hall–Kier alpha value is -5.05. The number of hydrogen-bond donors (Lipinski definition) is 1. The average molecular weight is 568 g/mol. The van der Waals surface area contributed by atoms with Crippen LogP contribution in [0.2, 0.25) is 0 Å². The monoisotopic (exact) mass is 567 g/mol. The molecule has 8 aromatic rings. The van der Waals surface area contributed by atoms with Gasteiger partial charge in [-0.05, 0) is 81.1 Å². The summed E-state index contributed by atoms with van der Waals surface area (Å²) < 4.78 is 2.38. The number of benzene rings is 7. The van der Waals surface area contributed by atoms with Crippen molar-refractivity contribution in [3.8, 4) is 16.8 Å². The number of thiol groups is 1. The van der Waals surface area contributed by atoms with E-state index < -0.39 is 0 Å². The van der Waals surface area contributed by atoms with Crippen molar-refractivity contribution in [3.63, 3.8) is 0 Å². The van der Waals surface area contributed by atoms with Crippen molar-refractivity contribution in [1.82, 2.24) is 4.57 Å². The van der Waals surface area contributed by atoms with E-state index in [1.54, 1.807) is 0 Å². The van der Waals surface area contributed by atoms with Crippen molar-refractivity contribution in [2.75, 3.05) is 0 Å². The molecule has 0 aliphatic heterocycles. The van der Waals surface area contributed by atoms with Gasteiger partial charge in [0.05, 0.1) is 11.0 Å². The maximum absolute atomic E-state index is 4.88. The molecule has 0 N–H and O–H groups in total. The molecule has 1 nitrogen and oxygen atoms in total. The molecule has 7 aromatic carbocycles. The predicted octanol–water partition coefficient (Wildman–Crippen LogP) is 11.1. The summed E-state index contributed by atoms with van der Waals surface area (Å²) in [5, 5.41) is 5.05. The summed E-state index contributed by atoms with van der Waals surface area (Å²) in [6.45, 7) is 0. The Bertz CT molecular complexity index is 2240. The minimum atomic E-state index is 0.0331. The molecule has 1 atom stereocenters. The van der Waals surface area contributed by atoms with Crippen LogP contribution in [0.4, 0.5) is 0 Å². The summed E-state index contributed by atoms with van der Waals surface area (Å²) in [5.41, 5.74) is 9.74. The highest BCUT2D eigenvalue weighted by atomic mass is 32.1. The molecule has 43 heavy (non-hydrogen) atoms. The maximum Gasteiger partial charge on any atom is 0.0541 e. The Labute approximate surface area is 257 Å². The quantitative estimate of drug-likeness (QED) is 0.156. The van der Waals surface area contributed by atoms with Crippen LogP contribution >= 0.6 is 12.6 Å². The Morgan fingerprint density at radius 3 is 1.93 bits per heavy atom. The van der Waals surface area contributed by atoms with Crippen LogP contribution in [0.3, 0.4) is 0 Å². The lowest BCUT2D eigenvalue weighted by atomic mass is 9.81. The van der Waals surface area contributed by atoms with Crippen LogP contribution in [0.25, 0.3) is 49.4 Å². The third kappa shape index (κ3) is 4.43. The van der Waals surface area contributed by atoms with Gasteiger partial charge in [0.25, 0.3) is 0 Å². The number of rotatable bonds is 5. The summed E-state index contributed by atoms with van der Waals surface area (Å²) in [6, 6.07) is 59.2. The summed E-state index contributed by atoms with van der Waals surface area (Å²) in [4.78, 5) is 0.980. The predicted molar refractivity (Wildman–Crippen MR) is 185 cm³/mol. The third-order valence-electron chi connectivity index (χ3n) is 8.62. The largest absolute Gasteiger partial charge is 0.309 e. The molecule has 0 radical (unpaired) electrons. The minimum absolute atomic E-state index is 0.0331. The summed E-state index contributed by atoms with van der Waals surface area (Å²) in [5.74, 6) is 0.0331. The number of fused-ring (bicyclic) bond motifs is 4. The highest BCUT2D eigenvalue weighted by Gasteiger charge is 2.22. The smallest absolute Gasteiger partial charge is 0.0541 e. The van der Waals surface area contributed by atoms with E-state index >= 15 is 0 Å². The van der Waals surface area contributed by atoms with E-state index in [0.717, 1.165) is 10.5 Å². The number of nitrogens with zero attached hydrogens (tertiary/aromatic N) is 1. The van der Waals surface area contributed by atoms with Crippen molar-refractivity contribution < 1.29 is 0 Å². The minimum Gasteiger partial charge on any atom is -0.309 e. The van der Waals surface area contributed by atoms with Gasteiger partial charge in [0.1, 0.15) is 0 Å². The fourth-order valence-electron chi connectivity index (χ4n) is 6.66. The second kappa shape index (κ2) is 10.7. The van der Waals surface area contributed by atoms with Gasteiger partial charge in [-0.3, -0.25) is 0 Å². The number of aromatic nitrogens is 1. The summed E-state index contributed by atoms with van der Waals surface area (Å²) in [7, 11) is 0. The standard InChI is InChI=1S/C41H29NS/c43-40-25-23-31(26-36(40)29-12-3-1-4-13-29)41(35-20-11-15-28-14-7-8-18-33(28)35)30-22-24-39-37(27-30)34-19-9-10-21-38(34)42(39)32-16-5-2-6-17-32/h1-27,41,43H. The molecule has 0 spiro atoms. The fraction of sp³-hybridized carbons (Fsp3) is 0.0244. The fourth-order valence-corrected chi connectivity index (χ4v) is 6.93. The molecule has 8 rings (SSSR count). The van der Waals surface area contributed by atoms with Crippen molar-refractivity contribution in [2.24, 2.45) is 0 Å². The van der Waals surface area contributed by atoms with Gasteiger partial charge in [0.15, 0.2) is 0 Å². The normalized spacial score (nSPS) is 12.2. The molecule has 0 amide bonds. The Morgan fingerprint density at radius 2 is 1.09 bits per heavy atom. The molecule has 0 bridgehead atoms. The number of para-hydroxylation sites is 2. The first-order valence-corrected chi connectivity index (χ1v) is 15.2. The highest BCUT2D eigenvalue weighted by Crippen LogP contribution is 2.41. The van der Waals surface area contributed by atoms with Crippen LogP contribution in [0.5, 0.6) is 0 Å². The topological polar surface area (TPSA) is 4.93 Å². The zero-order valence-corrected chi connectivity index (χ0v) is 24.5. The van der Waals surface area contributed by atoms with E-state index in [4.69, 9.17) is 12.6 Å². The molecule has 0 aliphatic carbocycles. The van der Waals surface area contributed by atoms with Gasteiger partial charge < -0.3 is 4.57 Å². The molecule has 0 aliphatic rings. The lowest BCUT2D eigenvalue weighted by molar-refractivity contribution is 0.989. The van der Waals surface area contributed by atoms with Gasteiger partial charge in [0, 0.05) is 27.3 Å². The van der Waals surface area contributed by atoms with E-state index in [0.29, 0.717) is 0 Å². The third-order valence-corrected chi connectivity index (χ3v) is 9.01. The molecule has 204 valence electrons. The van der Waals surface area contributed by atoms with Crippen molar-refractivity contribution in [1.29, 1.82) is 0 Å². The van der Waals surface area contributed by atoms with Crippen LogP contribution in [-0.2, 0) is 0 Å². The van der Waals surface area contributed by atoms with E-state index in [1.807, 2.05) is 0 Å². The van der Waals surface area contributed by atoms with Crippen LogP contribution in [-0.4, -0.2) is 4.57 Å². The molecule has 0 saturated carbocycles. The second-order valence-corrected chi connectivity index (χ2v) is 11.6. The molecule has 1 unspecified atom stereocenters. The lowest BCUT2D eigenvalue weighted by Crippen LogP contribution is -2.05. The van der Waals surface area contributed by atoms with E-state index in [1.165, 1.54) is 60.5 Å². The Kier molecular flexibility index (Phi) is 6.35. The second-order valence-electron chi connectivity index (χ2n) is 11.1. The van der Waals surface area contributed by atoms with E-state index in [9.17, 15) is 0 Å². The first kappa shape index (κ1) is 25.6. The van der Waals surface area contributed by atoms with Crippen LogP contribution < -0.4 is 0 Å². The van der Waals surface area contributed by atoms with Crippen LogP contribution in [0.1, 0.15) is 22.6 Å². The first-order valence-electron chi connectivity index (χ1n) is 14.7. The van der Waals surface area contributed by atoms with Crippen LogP contribution in [0.15, 0.2) is 169 Å². The van der Waals surface area contributed by atoms with Crippen LogP contribution in [0, 0.1) is 0 Å². The number of hydrogen-bond acceptors (Lipinski definition) is 1. The lowest BCUT2D eigenvalue weighted by Gasteiger charge is -2.22. The molecular formula is C41H29NS. The van der Waals surface area contributed by atoms with Gasteiger partial charge in [-0.25, -0.2) is 0 Å². The van der Waals surface area contributed by atoms with Crippen molar-refractivity contribution in [3.05, 3.63) is 180 Å². The van der Waals surface area contributed by atoms with Gasteiger partial charge >= 0.3 is 0 Å².